The quantitative estimate of drug-likeness (QED) is 0.104. The molecule has 390 valence electrons. The summed E-state index contributed by atoms with van der Waals surface area (Å²) in [7, 11) is 1.76. The number of aliphatic hydroxyl groups is 2. The average Bonchev–Trinajstić information content (AvgIpc) is 3.30. The van der Waals surface area contributed by atoms with Gasteiger partial charge in [-0.25, -0.2) is 4.79 Å². The molecule has 2 bridgehead atoms. The minimum absolute atomic E-state index is 0.0117. The number of fused-ring (bicyclic) bond motifs is 3. The van der Waals surface area contributed by atoms with E-state index in [1.54, 1.807) is 54.4 Å². The molecule has 4 rings (SSSR count). The molecule has 4 aliphatic rings. The molecule has 1 saturated carbocycles. The number of nitrogens with zero attached hydrogens (tertiary/aromatic N) is 1. The van der Waals surface area contributed by atoms with Crippen molar-refractivity contribution in [3.63, 3.8) is 0 Å². The van der Waals surface area contributed by atoms with Gasteiger partial charge in [-0.2, -0.15) is 0 Å². The van der Waals surface area contributed by atoms with E-state index in [0.29, 0.717) is 63.4 Å². The van der Waals surface area contributed by atoms with E-state index >= 15 is 0 Å². The van der Waals surface area contributed by atoms with Crippen LogP contribution >= 0.6 is 7.37 Å². The molecule has 3 aliphatic heterocycles. The SMILES string of the molecule is CO[C@H]1CC2CC[C@@H](C)C(O)(O2)C(=O)C(=O)N2CCCCC2C(=O)O[C@H]([C@H](C)C[C@@H]2CC[C@@H](OP(C)(C)=O)[C@H](OC)C2)CC(=O)[C@H](C)/C=C(\C)[C@@H](O)[C@@H](OC)C(=O)[C@H](C)C[C@H](C)/C=C/C=C/C=C/1C. The van der Waals surface area contributed by atoms with E-state index in [1.165, 1.54) is 12.0 Å². The number of hydrogen-bond acceptors (Lipinski definition) is 14. The first-order chi connectivity index (χ1) is 32.4. The lowest BCUT2D eigenvalue weighted by Gasteiger charge is -2.42. The molecule has 15 atom stereocenters. The van der Waals surface area contributed by atoms with Crippen molar-refractivity contribution in [1.82, 2.24) is 4.90 Å². The van der Waals surface area contributed by atoms with Crippen molar-refractivity contribution in [3.8, 4) is 0 Å². The number of ketones is 3. The van der Waals surface area contributed by atoms with E-state index in [4.69, 9.17) is 28.2 Å². The van der Waals surface area contributed by atoms with Gasteiger partial charge in [0.2, 0.25) is 5.79 Å². The van der Waals surface area contributed by atoms with Gasteiger partial charge in [-0.3, -0.25) is 23.7 Å². The predicted octanol–water partition coefficient (Wildman–Crippen LogP) is 7.74. The second-order valence-electron chi connectivity index (χ2n) is 20.9. The minimum Gasteiger partial charge on any atom is -0.460 e. The van der Waals surface area contributed by atoms with Crippen molar-refractivity contribution >= 4 is 36.6 Å². The van der Waals surface area contributed by atoms with Crippen LogP contribution in [0.2, 0.25) is 0 Å². The molecule has 69 heavy (non-hydrogen) atoms. The van der Waals surface area contributed by atoms with Gasteiger partial charge >= 0.3 is 5.97 Å². The fourth-order valence-corrected chi connectivity index (χ4v) is 11.4. The van der Waals surface area contributed by atoms with Crippen LogP contribution in [0.4, 0.5) is 0 Å². The highest BCUT2D eigenvalue weighted by atomic mass is 31.2. The molecule has 0 spiro atoms. The molecule has 3 fully saturated rings. The average molecular weight is 990 g/mol. The van der Waals surface area contributed by atoms with E-state index in [2.05, 4.69) is 0 Å². The zero-order valence-electron chi connectivity index (χ0n) is 43.4. The maximum absolute atomic E-state index is 14.5. The molecule has 1 amide bonds. The van der Waals surface area contributed by atoms with Gasteiger partial charge in [0.15, 0.2) is 13.2 Å². The smallest absolute Gasteiger partial charge is 0.329 e. The monoisotopic (exact) mass is 990 g/mol. The number of Topliss-reactive ketones (excluding diaryl/α,β-unsaturated/α-hetero) is 3. The number of cyclic esters (lactones) is 1. The standard InChI is InChI=1S/C53H84NO14P/c1-32-18-14-13-15-19-33(2)44(63-8)30-40-23-21-38(7)53(61,67-40)50(58)51(59)54-25-17-16-20-41(54)52(60)66-45(35(4)28-39-22-24-43(46(29-39)64-9)68-69(11,12)62)31-42(55)34(3)27-37(6)48(57)49(65-10)47(56)36(5)26-32/h13-15,18-19,27,32,34-36,38-41,43-46,48-49,57,61H,16-17,20-26,28-31H2,1-12H3/b15-13+,18-14+,33-19+,37-27+/t32-,34-,35-,36-,38-,39+,40?,41?,43-,44+,45+,46-,48-,49+,53?/m1/s1. The van der Waals surface area contributed by atoms with E-state index in [1.807, 2.05) is 58.1 Å². The number of ether oxygens (including phenoxy) is 5. The van der Waals surface area contributed by atoms with Gasteiger partial charge in [-0.1, -0.05) is 71.1 Å². The summed E-state index contributed by atoms with van der Waals surface area (Å²) in [4.78, 5) is 72.2. The summed E-state index contributed by atoms with van der Waals surface area (Å²) in [5, 5.41) is 23.5. The van der Waals surface area contributed by atoms with Gasteiger partial charge in [-0.15, -0.1) is 0 Å². The lowest BCUT2D eigenvalue weighted by Crippen LogP contribution is -2.61. The first kappa shape index (κ1) is 58.4. The number of carbonyl (C=O) groups is 5. The molecule has 0 radical (unpaired) electrons. The van der Waals surface area contributed by atoms with Crippen LogP contribution in [0.1, 0.15) is 126 Å². The number of hydrogen-bond donors (Lipinski definition) is 2. The highest BCUT2D eigenvalue weighted by Crippen LogP contribution is 2.45. The zero-order valence-corrected chi connectivity index (χ0v) is 44.3. The van der Waals surface area contributed by atoms with Gasteiger partial charge < -0.3 is 43.3 Å². The fourth-order valence-electron chi connectivity index (χ4n) is 10.5. The summed E-state index contributed by atoms with van der Waals surface area (Å²) in [5.74, 6) is -8.11. The molecule has 16 heteroatoms. The first-order valence-electron chi connectivity index (χ1n) is 25.2. The highest BCUT2D eigenvalue weighted by Gasteiger charge is 2.53. The minimum atomic E-state index is -2.79. The second-order valence-corrected chi connectivity index (χ2v) is 23.6. The Kier molecular flexibility index (Phi) is 22.5. The molecule has 1 aliphatic carbocycles. The Morgan fingerprint density at radius 3 is 2.22 bits per heavy atom. The van der Waals surface area contributed by atoms with Crippen molar-refractivity contribution in [1.29, 1.82) is 0 Å². The number of allylic oxidation sites excluding steroid dienone is 6. The summed E-state index contributed by atoms with van der Waals surface area (Å²) >= 11 is 0. The van der Waals surface area contributed by atoms with Gasteiger partial charge in [0.1, 0.15) is 30.1 Å². The highest BCUT2D eigenvalue weighted by molar-refractivity contribution is 7.57. The molecule has 3 heterocycles. The summed E-state index contributed by atoms with van der Waals surface area (Å²) in [5.41, 5.74) is 1.25. The molecule has 2 N–H and O–H groups in total. The Labute approximate surface area is 411 Å². The third-order valence-electron chi connectivity index (χ3n) is 14.8. The largest absolute Gasteiger partial charge is 0.460 e. The van der Waals surface area contributed by atoms with E-state index in [0.717, 1.165) is 12.0 Å². The number of amides is 1. The van der Waals surface area contributed by atoms with E-state index in [9.17, 15) is 38.8 Å². The summed E-state index contributed by atoms with van der Waals surface area (Å²) < 4.78 is 48.2. The Hall–Kier alpha value is -3.14. The first-order valence-corrected chi connectivity index (χ1v) is 27.7. The molecule has 0 aromatic rings. The molecule has 0 aromatic heterocycles. The van der Waals surface area contributed by atoms with Gasteiger partial charge in [0.05, 0.1) is 24.4 Å². The van der Waals surface area contributed by atoms with Gasteiger partial charge in [0, 0.05) is 71.8 Å². The van der Waals surface area contributed by atoms with Crippen molar-refractivity contribution in [2.24, 2.45) is 35.5 Å². The van der Waals surface area contributed by atoms with Crippen LogP contribution in [0.15, 0.2) is 47.6 Å². The zero-order chi connectivity index (χ0) is 51.4. The maximum Gasteiger partial charge on any atom is 0.329 e. The third kappa shape index (κ3) is 16.2. The van der Waals surface area contributed by atoms with Crippen LogP contribution in [0.5, 0.6) is 0 Å². The topological polar surface area (TPSA) is 201 Å². The molecular formula is C53H84NO14P. The van der Waals surface area contributed by atoms with Crippen LogP contribution in [0, 0.1) is 35.5 Å². The van der Waals surface area contributed by atoms with E-state index in [-0.39, 0.29) is 60.9 Å². The number of esters is 1. The van der Waals surface area contributed by atoms with Crippen molar-refractivity contribution in [2.75, 3.05) is 41.2 Å². The number of methoxy groups -OCH3 is 3. The van der Waals surface area contributed by atoms with Crippen LogP contribution in [-0.4, -0.2) is 140 Å². The summed E-state index contributed by atoms with van der Waals surface area (Å²) in [6.07, 6.45) is 11.4. The number of rotatable bonds is 8. The maximum atomic E-state index is 14.5. The predicted molar refractivity (Wildman–Crippen MR) is 263 cm³/mol. The Morgan fingerprint density at radius 1 is 0.855 bits per heavy atom. The Balaban J connectivity index is 1.70. The molecule has 3 unspecified atom stereocenters. The lowest BCUT2D eigenvalue weighted by atomic mass is 9.78. The Bertz CT molecular complexity index is 1940. The van der Waals surface area contributed by atoms with Gasteiger partial charge in [0.25, 0.3) is 11.7 Å². The van der Waals surface area contributed by atoms with Crippen molar-refractivity contribution in [2.45, 2.75) is 180 Å². The molecular weight excluding hydrogens is 906 g/mol. The molecule has 15 nitrogen and oxygen atoms in total. The van der Waals surface area contributed by atoms with Crippen LogP contribution < -0.4 is 0 Å². The number of carbonyl (C=O) groups excluding carboxylic acids is 5. The van der Waals surface area contributed by atoms with Gasteiger partial charge in [-0.05, 0) is 107 Å². The summed E-state index contributed by atoms with van der Waals surface area (Å²) in [6, 6.07) is -1.16. The molecule has 2 saturated heterocycles. The lowest BCUT2D eigenvalue weighted by molar-refractivity contribution is -0.265. The van der Waals surface area contributed by atoms with Crippen LogP contribution in [-0.2, 0) is 56.7 Å². The van der Waals surface area contributed by atoms with E-state index < -0.39 is 85.1 Å². The normalized spacial score (nSPS) is 39.0. The summed E-state index contributed by atoms with van der Waals surface area (Å²) in [6.45, 7) is 15.9. The number of aliphatic hydroxyl groups excluding tert-OH is 1. The van der Waals surface area contributed by atoms with Crippen molar-refractivity contribution in [3.05, 3.63) is 47.6 Å². The van der Waals surface area contributed by atoms with Crippen LogP contribution in [0.3, 0.4) is 0 Å². The number of piperidine rings is 1. The Morgan fingerprint density at radius 2 is 1.57 bits per heavy atom. The van der Waals surface area contributed by atoms with Crippen LogP contribution in [0.25, 0.3) is 0 Å². The third-order valence-corrected chi connectivity index (χ3v) is 15.6. The van der Waals surface area contributed by atoms with Crippen molar-refractivity contribution < 1.29 is 67.0 Å². The fraction of sp³-hybridized carbons (Fsp3) is 0.755. The molecule has 0 aromatic carbocycles. The second kappa shape index (κ2) is 26.5.